The fourth-order valence-corrected chi connectivity index (χ4v) is 4.48. The van der Waals surface area contributed by atoms with Gasteiger partial charge in [-0.25, -0.2) is 23.4 Å². The van der Waals surface area contributed by atoms with Gasteiger partial charge in [0.05, 0.1) is 0 Å². The second kappa shape index (κ2) is 7.63. The van der Waals surface area contributed by atoms with Crippen LogP contribution in [0.2, 0.25) is 0 Å². The standard InChI is InChI=1S/C17H21F3N6O3S/c1-11-10-25(30(28,29)13-3-4-14(21)22-9-13)5-6-26(11)15-23-7-12(8-24-15)16(2,27)17(18,19)20/h3-4,7-9,11,27H,5-6,10H2,1-2H3,(H2,21,22). The molecular weight excluding hydrogens is 425 g/mol. The maximum absolute atomic E-state index is 13.0. The number of aromatic nitrogens is 3. The van der Waals surface area contributed by atoms with Gasteiger partial charge in [-0.3, -0.25) is 0 Å². The van der Waals surface area contributed by atoms with E-state index < -0.39 is 27.4 Å². The van der Waals surface area contributed by atoms with Gasteiger partial charge in [-0.05, 0) is 26.0 Å². The van der Waals surface area contributed by atoms with E-state index >= 15 is 0 Å². The molecule has 2 atom stereocenters. The maximum Gasteiger partial charge on any atom is 0.421 e. The van der Waals surface area contributed by atoms with Crippen LogP contribution >= 0.6 is 0 Å². The Hall–Kier alpha value is -2.51. The summed E-state index contributed by atoms with van der Waals surface area (Å²) < 4.78 is 65.8. The average Bonchev–Trinajstić information content (AvgIpc) is 2.67. The molecule has 164 valence electrons. The molecule has 3 N–H and O–H groups in total. The third-order valence-electron chi connectivity index (χ3n) is 5.00. The van der Waals surface area contributed by atoms with E-state index in [-0.39, 0.29) is 42.3 Å². The molecule has 3 rings (SSSR count). The smallest absolute Gasteiger partial charge is 0.384 e. The molecule has 0 aromatic carbocycles. The van der Waals surface area contributed by atoms with Crippen LogP contribution in [0.15, 0.2) is 35.6 Å². The highest BCUT2D eigenvalue weighted by atomic mass is 32.2. The Morgan fingerprint density at radius 2 is 1.77 bits per heavy atom. The number of hydrogen-bond acceptors (Lipinski definition) is 8. The van der Waals surface area contributed by atoms with Crippen LogP contribution in [0, 0.1) is 0 Å². The third kappa shape index (κ3) is 4.04. The number of pyridine rings is 1. The highest BCUT2D eigenvalue weighted by Crippen LogP contribution is 2.38. The van der Waals surface area contributed by atoms with Gasteiger partial charge in [0.1, 0.15) is 10.7 Å². The summed E-state index contributed by atoms with van der Waals surface area (Å²) in [4.78, 5) is 13.4. The van der Waals surface area contributed by atoms with Crippen LogP contribution in [0.5, 0.6) is 0 Å². The van der Waals surface area contributed by atoms with E-state index in [1.54, 1.807) is 11.8 Å². The molecule has 3 heterocycles. The van der Waals surface area contributed by atoms with Crippen LogP contribution in [-0.2, 0) is 15.6 Å². The van der Waals surface area contributed by atoms with Gasteiger partial charge in [0.15, 0.2) is 5.60 Å². The van der Waals surface area contributed by atoms with Gasteiger partial charge < -0.3 is 15.7 Å². The van der Waals surface area contributed by atoms with E-state index in [1.165, 1.54) is 22.6 Å². The molecule has 1 aliphatic rings. The van der Waals surface area contributed by atoms with Crippen molar-refractivity contribution in [2.75, 3.05) is 30.3 Å². The minimum atomic E-state index is -4.87. The van der Waals surface area contributed by atoms with Crippen molar-refractivity contribution in [2.24, 2.45) is 0 Å². The number of alkyl halides is 3. The molecule has 1 fully saturated rings. The zero-order valence-corrected chi connectivity index (χ0v) is 17.0. The van der Waals surface area contributed by atoms with Crippen LogP contribution in [-0.4, -0.2) is 64.6 Å². The molecule has 0 amide bonds. The number of nitrogen functional groups attached to an aromatic ring is 1. The summed E-state index contributed by atoms with van der Waals surface area (Å²) in [6.45, 7) is 2.87. The number of anilines is 2. The lowest BCUT2D eigenvalue weighted by Gasteiger charge is -2.39. The highest BCUT2D eigenvalue weighted by molar-refractivity contribution is 7.89. The van der Waals surface area contributed by atoms with Gasteiger partial charge in [0.2, 0.25) is 16.0 Å². The summed E-state index contributed by atoms with van der Waals surface area (Å²) in [5.74, 6) is 0.354. The second-order valence-corrected chi connectivity index (χ2v) is 9.10. The van der Waals surface area contributed by atoms with Crippen LogP contribution in [0.3, 0.4) is 0 Å². The first-order valence-corrected chi connectivity index (χ1v) is 10.4. The third-order valence-corrected chi connectivity index (χ3v) is 6.85. The van der Waals surface area contributed by atoms with Crippen LogP contribution in [0.25, 0.3) is 0 Å². The van der Waals surface area contributed by atoms with Gasteiger partial charge in [-0.1, -0.05) is 0 Å². The Kier molecular flexibility index (Phi) is 5.64. The van der Waals surface area contributed by atoms with E-state index in [0.717, 1.165) is 12.4 Å². The zero-order chi connectivity index (χ0) is 22.3. The van der Waals surface area contributed by atoms with Gasteiger partial charge >= 0.3 is 6.18 Å². The van der Waals surface area contributed by atoms with E-state index in [9.17, 15) is 26.7 Å². The van der Waals surface area contributed by atoms with Crippen LogP contribution in [0.4, 0.5) is 24.9 Å². The molecule has 2 aromatic rings. The molecule has 0 radical (unpaired) electrons. The molecule has 13 heteroatoms. The van der Waals surface area contributed by atoms with Gasteiger partial charge in [-0.15, -0.1) is 0 Å². The first-order valence-electron chi connectivity index (χ1n) is 8.94. The van der Waals surface area contributed by atoms with Crippen LogP contribution in [0.1, 0.15) is 19.4 Å². The van der Waals surface area contributed by atoms with Crippen molar-refractivity contribution in [3.8, 4) is 0 Å². The molecule has 30 heavy (non-hydrogen) atoms. The molecule has 2 aromatic heterocycles. The van der Waals surface area contributed by atoms with Crippen molar-refractivity contribution in [2.45, 2.75) is 36.6 Å². The van der Waals surface area contributed by atoms with Crippen molar-refractivity contribution >= 4 is 21.8 Å². The molecule has 1 saturated heterocycles. The van der Waals surface area contributed by atoms with Crippen molar-refractivity contribution in [1.82, 2.24) is 19.3 Å². The van der Waals surface area contributed by atoms with Gasteiger partial charge in [0, 0.05) is 49.8 Å². The summed E-state index contributed by atoms with van der Waals surface area (Å²) in [6, 6.07) is 2.44. The number of sulfonamides is 1. The van der Waals surface area contributed by atoms with Gasteiger partial charge in [-0.2, -0.15) is 17.5 Å². The molecule has 0 aliphatic carbocycles. The monoisotopic (exact) mass is 446 g/mol. The predicted octanol–water partition coefficient (Wildman–Crippen LogP) is 1.12. The second-order valence-electron chi connectivity index (χ2n) is 7.17. The number of hydrogen-bond donors (Lipinski definition) is 2. The number of rotatable bonds is 4. The average molecular weight is 446 g/mol. The Bertz CT molecular complexity index is 997. The molecule has 0 saturated carbocycles. The normalized spacial score (nSPS) is 20.7. The van der Waals surface area contributed by atoms with Crippen molar-refractivity contribution in [3.63, 3.8) is 0 Å². The van der Waals surface area contributed by atoms with E-state index in [1.807, 2.05) is 0 Å². The van der Waals surface area contributed by atoms with Crippen LogP contribution < -0.4 is 10.6 Å². The van der Waals surface area contributed by atoms with Crippen molar-refractivity contribution in [3.05, 3.63) is 36.3 Å². The SMILES string of the molecule is CC1CN(S(=O)(=O)c2ccc(N)nc2)CCN1c1ncc(C(C)(O)C(F)(F)F)cn1. The lowest BCUT2D eigenvalue weighted by molar-refractivity contribution is -0.259. The summed E-state index contributed by atoms with van der Waals surface area (Å²) in [5.41, 5.74) is 1.94. The molecular formula is C17H21F3N6O3S. The lowest BCUT2D eigenvalue weighted by atomic mass is 9.99. The molecule has 0 spiro atoms. The van der Waals surface area contributed by atoms with Gasteiger partial charge in [0.25, 0.3) is 0 Å². The Morgan fingerprint density at radius 3 is 2.27 bits per heavy atom. The fraction of sp³-hybridized carbons (Fsp3) is 0.471. The Morgan fingerprint density at radius 1 is 1.13 bits per heavy atom. The summed E-state index contributed by atoms with van der Waals surface area (Å²) in [7, 11) is -3.77. The van der Waals surface area contributed by atoms with E-state index in [0.29, 0.717) is 6.92 Å². The summed E-state index contributed by atoms with van der Waals surface area (Å²) >= 11 is 0. The minimum absolute atomic E-state index is 0.0207. The Balaban J connectivity index is 1.75. The first-order chi connectivity index (χ1) is 13.8. The largest absolute Gasteiger partial charge is 0.421 e. The molecule has 1 aliphatic heterocycles. The molecule has 0 bridgehead atoms. The quantitative estimate of drug-likeness (QED) is 0.716. The van der Waals surface area contributed by atoms with E-state index in [4.69, 9.17) is 5.73 Å². The predicted molar refractivity (Wildman–Crippen MR) is 102 cm³/mol. The maximum atomic E-state index is 13.0. The van der Waals surface area contributed by atoms with Crippen molar-refractivity contribution in [1.29, 1.82) is 0 Å². The number of nitrogens with zero attached hydrogens (tertiary/aromatic N) is 5. The summed E-state index contributed by atoms with van der Waals surface area (Å²) in [6.07, 6.45) is -1.84. The zero-order valence-electron chi connectivity index (χ0n) is 16.2. The number of aliphatic hydroxyl groups is 1. The number of piperazine rings is 1. The highest BCUT2D eigenvalue weighted by Gasteiger charge is 2.51. The molecule has 2 unspecified atom stereocenters. The first kappa shape index (κ1) is 22.2. The number of nitrogens with two attached hydrogens (primary N) is 1. The topological polar surface area (TPSA) is 126 Å². The summed E-state index contributed by atoms with van der Waals surface area (Å²) in [5, 5.41) is 9.72. The number of halogens is 3. The lowest BCUT2D eigenvalue weighted by Crippen LogP contribution is -2.54. The van der Waals surface area contributed by atoms with Crippen molar-refractivity contribution < 1.29 is 26.7 Å². The Labute approximate surface area is 171 Å². The van der Waals surface area contributed by atoms with E-state index in [2.05, 4.69) is 15.0 Å². The molecule has 9 nitrogen and oxygen atoms in total. The fourth-order valence-electron chi connectivity index (χ4n) is 3.02. The minimum Gasteiger partial charge on any atom is -0.384 e.